The summed E-state index contributed by atoms with van der Waals surface area (Å²) in [6.07, 6.45) is 4.16. The van der Waals surface area contributed by atoms with Crippen molar-refractivity contribution in [3.8, 4) is 0 Å². The topological polar surface area (TPSA) is 32.5 Å². The molecule has 1 aliphatic heterocycles. The fourth-order valence-corrected chi connectivity index (χ4v) is 2.82. The van der Waals surface area contributed by atoms with Gasteiger partial charge in [0, 0.05) is 37.8 Å². The summed E-state index contributed by atoms with van der Waals surface area (Å²) < 4.78 is 0. The van der Waals surface area contributed by atoms with Crippen LogP contribution in [0.1, 0.15) is 33.1 Å². The van der Waals surface area contributed by atoms with E-state index in [1.54, 1.807) is 0 Å². The lowest BCUT2D eigenvalue weighted by atomic mass is 9.91. The van der Waals surface area contributed by atoms with Crippen LogP contribution in [0, 0.1) is 5.92 Å². The molecule has 16 heavy (non-hydrogen) atoms. The van der Waals surface area contributed by atoms with Crippen LogP contribution in [0.2, 0.25) is 0 Å². The Morgan fingerprint density at radius 2 is 2.00 bits per heavy atom. The molecule has 0 aromatic rings. The Bertz CT molecular complexity index is 239. The van der Waals surface area contributed by atoms with Gasteiger partial charge in [-0.1, -0.05) is 12.8 Å². The van der Waals surface area contributed by atoms with Gasteiger partial charge < -0.3 is 10.6 Å². The SMILES string of the molecule is CC1CN(C(C)(CN)CC2CC2)CCN1C. The van der Waals surface area contributed by atoms with Crippen molar-refractivity contribution in [1.29, 1.82) is 0 Å². The average Bonchev–Trinajstić information content (AvgIpc) is 3.05. The van der Waals surface area contributed by atoms with Crippen molar-refractivity contribution < 1.29 is 0 Å². The maximum atomic E-state index is 6.04. The molecule has 3 heteroatoms. The number of hydrogen-bond donors (Lipinski definition) is 1. The molecule has 1 aliphatic carbocycles. The van der Waals surface area contributed by atoms with Crippen LogP contribution in [-0.4, -0.2) is 54.6 Å². The summed E-state index contributed by atoms with van der Waals surface area (Å²) in [5.74, 6) is 0.962. The molecule has 94 valence electrons. The summed E-state index contributed by atoms with van der Waals surface area (Å²) in [5, 5.41) is 0. The minimum absolute atomic E-state index is 0.247. The Labute approximate surface area is 100.0 Å². The van der Waals surface area contributed by atoms with Crippen LogP contribution < -0.4 is 5.73 Å². The third-order valence-corrected chi connectivity index (χ3v) is 4.59. The van der Waals surface area contributed by atoms with E-state index in [9.17, 15) is 0 Å². The minimum Gasteiger partial charge on any atom is -0.329 e. The van der Waals surface area contributed by atoms with Gasteiger partial charge in [0.15, 0.2) is 0 Å². The first-order valence-corrected chi connectivity index (χ1v) is 6.70. The number of rotatable bonds is 4. The lowest BCUT2D eigenvalue weighted by molar-refractivity contribution is 0.0202. The average molecular weight is 225 g/mol. The summed E-state index contributed by atoms with van der Waals surface area (Å²) in [6, 6.07) is 0.666. The molecule has 2 rings (SSSR count). The molecule has 0 amide bonds. The van der Waals surface area contributed by atoms with Crippen LogP contribution in [-0.2, 0) is 0 Å². The van der Waals surface area contributed by atoms with Gasteiger partial charge in [-0.05, 0) is 33.2 Å². The molecular formula is C13H27N3. The monoisotopic (exact) mass is 225 g/mol. The van der Waals surface area contributed by atoms with Crippen LogP contribution in [0.5, 0.6) is 0 Å². The molecule has 2 fully saturated rings. The van der Waals surface area contributed by atoms with Crippen molar-refractivity contribution in [1.82, 2.24) is 9.80 Å². The van der Waals surface area contributed by atoms with Crippen LogP contribution in [0.15, 0.2) is 0 Å². The predicted molar refractivity (Wildman–Crippen MR) is 68.5 cm³/mol. The Kier molecular flexibility index (Phi) is 3.57. The van der Waals surface area contributed by atoms with Gasteiger partial charge in [0.1, 0.15) is 0 Å². The third-order valence-electron chi connectivity index (χ3n) is 4.59. The molecule has 3 nitrogen and oxygen atoms in total. The molecule has 0 aromatic heterocycles. The van der Waals surface area contributed by atoms with Crippen molar-refractivity contribution in [2.45, 2.75) is 44.7 Å². The highest BCUT2D eigenvalue weighted by molar-refractivity contribution is 4.95. The first kappa shape index (κ1) is 12.3. The van der Waals surface area contributed by atoms with E-state index < -0.39 is 0 Å². The summed E-state index contributed by atoms with van der Waals surface area (Å²) in [7, 11) is 2.22. The Balaban J connectivity index is 1.97. The molecule has 2 aliphatic rings. The van der Waals surface area contributed by atoms with E-state index in [0.29, 0.717) is 6.04 Å². The fraction of sp³-hybridized carbons (Fsp3) is 1.00. The lowest BCUT2D eigenvalue weighted by Gasteiger charge is -2.47. The number of likely N-dealkylation sites (N-methyl/N-ethyl adjacent to an activating group) is 1. The fourth-order valence-electron chi connectivity index (χ4n) is 2.82. The zero-order valence-corrected chi connectivity index (χ0v) is 11.1. The van der Waals surface area contributed by atoms with E-state index in [1.807, 2.05) is 0 Å². The van der Waals surface area contributed by atoms with Crippen molar-refractivity contribution in [2.75, 3.05) is 33.2 Å². The van der Waals surface area contributed by atoms with Gasteiger partial charge in [0.05, 0.1) is 0 Å². The van der Waals surface area contributed by atoms with E-state index in [1.165, 1.54) is 38.9 Å². The molecule has 2 N–H and O–H groups in total. The second-order valence-electron chi connectivity index (χ2n) is 6.12. The summed E-state index contributed by atoms with van der Waals surface area (Å²) in [6.45, 7) is 9.03. The van der Waals surface area contributed by atoms with Gasteiger partial charge in [-0.3, -0.25) is 4.90 Å². The molecular weight excluding hydrogens is 198 g/mol. The number of nitrogens with two attached hydrogens (primary N) is 1. The third kappa shape index (κ3) is 2.58. The van der Waals surface area contributed by atoms with E-state index in [2.05, 4.69) is 30.7 Å². The second-order valence-corrected chi connectivity index (χ2v) is 6.12. The molecule has 2 unspecified atom stereocenters. The van der Waals surface area contributed by atoms with Crippen molar-refractivity contribution in [3.05, 3.63) is 0 Å². The predicted octanol–water partition coefficient (Wildman–Crippen LogP) is 1.14. The molecule has 1 heterocycles. The van der Waals surface area contributed by atoms with Gasteiger partial charge in [-0.2, -0.15) is 0 Å². The molecule has 1 saturated carbocycles. The standard InChI is InChI=1S/C13H27N3/c1-11-9-16(7-6-15(11)3)13(2,10-14)8-12-4-5-12/h11-12H,4-10,14H2,1-3H3. The number of piperazine rings is 1. The van der Waals surface area contributed by atoms with Gasteiger partial charge >= 0.3 is 0 Å². The molecule has 0 radical (unpaired) electrons. The normalized spacial score (nSPS) is 32.6. The summed E-state index contributed by atoms with van der Waals surface area (Å²) >= 11 is 0. The van der Waals surface area contributed by atoms with E-state index in [4.69, 9.17) is 5.73 Å². The van der Waals surface area contributed by atoms with E-state index in [0.717, 1.165) is 12.5 Å². The minimum atomic E-state index is 0.247. The summed E-state index contributed by atoms with van der Waals surface area (Å²) in [4.78, 5) is 5.08. The Morgan fingerprint density at radius 3 is 2.50 bits per heavy atom. The molecule has 0 spiro atoms. The van der Waals surface area contributed by atoms with Crippen LogP contribution >= 0.6 is 0 Å². The quantitative estimate of drug-likeness (QED) is 0.779. The Morgan fingerprint density at radius 1 is 1.31 bits per heavy atom. The maximum absolute atomic E-state index is 6.04. The van der Waals surface area contributed by atoms with Gasteiger partial charge in [0.25, 0.3) is 0 Å². The lowest BCUT2D eigenvalue weighted by Crippen LogP contribution is -2.60. The van der Waals surface area contributed by atoms with Crippen LogP contribution in [0.3, 0.4) is 0 Å². The van der Waals surface area contributed by atoms with Crippen molar-refractivity contribution >= 4 is 0 Å². The zero-order chi connectivity index (χ0) is 11.8. The van der Waals surface area contributed by atoms with Crippen LogP contribution in [0.25, 0.3) is 0 Å². The van der Waals surface area contributed by atoms with Gasteiger partial charge in [-0.15, -0.1) is 0 Å². The maximum Gasteiger partial charge on any atom is 0.0307 e. The number of nitrogens with zero attached hydrogens (tertiary/aromatic N) is 2. The second kappa shape index (κ2) is 4.63. The largest absolute Gasteiger partial charge is 0.329 e. The number of hydrogen-bond acceptors (Lipinski definition) is 3. The highest BCUT2D eigenvalue weighted by atomic mass is 15.3. The molecule has 0 aromatic carbocycles. The molecule has 1 saturated heterocycles. The Hall–Kier alpha value is -0.120. The van der Waals surface area contributed by atoms with Crippen molar-refractivity contribution in [3.63, 3.8) is 0 Å². The molecule has 2 atom stereocenters. The summed E-state index contributed by atoms with van der Waals surface area (Å²) in [5.41, 5.74) is 6.29. The van der Waals surface area contributed by atoms with Gasteiger partial charge in [-0.25, -0.2) is 0 Å². The van der Waals surface area contributed by atoms with Gasteiger partial charge in [0.2, 0.25) is 0 Å². The molecule has 0 bridgehead atoms. The zero-order valence-electron chi connectivity index (χ0n) is 11.1. The highest BCUT2D eigenvalue weighted by Crippen LogP contribution is 2.39. The van der Waals surface area contributed by atoms with Crippen LogP contribution in [0.4, 0.5) is 0 Å². The first-order chi connectivity index (χ1) is 7.55. The smallest absolute Gasteiger partial charge is 0.0307 e. The van der Waals surface area contributed by atoms with E-state index in [-0.39, 0.29) is 5.54 Å². The first-order valence-electron chi connectivity index (χ1n) is 6.70. The highest BCUT2D eigenvalue weighted by Gasteiger charge is 2.38. The van der Waals surface area contributed by atoms with Crippen molar-refractivity contribution in [2.24, 2.45) is 11.7 Å². The van der Waals surface area contributed by atoms with E-state index >= 15 is 0 Å².